The number of fused-ring (bicyclic) bond motifs is 8. The minimum atomic E-state index is 0.607. The third kappa shape index (κ3) is 4.83. The van der Waals surface area contributed by atoms with E-state index in [0.29, 0.717) is 17.5 Å². The maximum absolute atomic E-state index is 6.93. The second kappa shape index (κ2) is 12.1. The Morgan fingerprint density at radius 3 is 1.33 bits per heavy atom. The zero-order chi connectivity index (χ0) is 35.6. The van der Waals surface area contributed by atoms with Crippen molar-refractivity contribution in [2.75, 3.05) is 0 Å². The predicted molar refractivity (Wildman–Crippen MR) is 219 cm³/mol. The molecule has 0 aliphatic heterocycles. The van der Waals surface area contributed by atoms with Gasteiger partial charge in [0.15, 0.2) is 17.5 Å². The van der Waals surface area contributed by atoms with Crippen molar-refractivity contribution >= 4 is 54.6 Å². The molecule has 11 rings (SSSR count). The van der Waals surface area contributed by atoms with Crippen LogP contribution in [-0.4, -0.2) is 15.0 Å². The van der Waals surface area contributed by atoms with Crippen LogP contribution in [0.1, 0.15) is 0 Å². The van der Waals surface area contributed by atoms with E-state index in [1.807, 2.05) is 60.7 Å². The van der Waals surface area contributed by atoms with Crippen LogP contribution in [0.3, 0.4) is 0 Å². The first kappa shape index (κ1) is 30.3. The minimum absolute atomic E-state index is 0.607. The van der Waals surface area contributed by atoms with E-state index >= 15 is 0 Å². The average molecular weight is 692 g/mol. The molecule has 5 nitrogen and oxygen atoms in total. The van der Waals surface area contributed by atoms with Crippen LogP contribution in [-0.2, 0) is 0 Å². The lowest BCUT2D eigenvalue weighted by atomic mass is 9.98. The summed E-state index contributed by atoms with van der Waals surface area (Å²) in [7, 11) is 0. The molecule has 0 atom stereocenters. The van der Waals surface area contributed by atoms with Gasteiger partial charge >= 0.3 is 0 Å². The van der Waals surface area contributed by atoms with Gasteiger partial charge in [0.05, 0.1) is 0 Å². The summed E-state index contributed by atoms with van der Waals surface area (Å²) < 4.78 is 13.7. The third-order valence-corrected chi connectivity index (χ3v) is 10.3. The average Bonchev–Trinajstić information content (AvgIpc) is 3.84. The lowest BCUT2D eigenvalue weighted by Crippen LogP contribution is -2.00. The molecule has 0 saturated heterocycles. The largest absolute Gasteiger partial charge is 0.455 e. The van der Waals surface area contributed by atoms with Crippen LogP contribution >= 0.6 is 0 Å². The van der Waals surface area contributed by atoms with E-state index in [1.165, 1.54) is 0 Å². The van der Waals surface area contributed by atoms with Crippen LogP contribution in [0.15, 0.2) is 185 Å². The summed E-state index contributed by atoms with van der Waals surface area (Å²) in [5.74, 6) is 1.86. The molecule has 0 aliphatic rings. The van der Waals surface area contributed by atoms with Crippen LogP contribution in [0, 0.1) is 0 Å². The monoisotopic (exact) mass is 691 g/mol. The van der Waals surface area contributed by atoms with Crippen LogP contribution in [0.25, 0.3) is 111 Å². The van der Waals surface area contributed by atoms with Crippen LogP contribution in [0.4, 0.5) is 0 Å². The van der Waals surface area contributed by atoms with E-state index in [2.05, 4.69) is 115 Å². The number of para-hydroxylation sites is 3. The number of hydrogen-bond donors (Lipinski definition) is 0. The first-order valence-corrected chi connectivity index (χ1v) is 18.0. The Balaban J connectivity index is 1.07. The zero-order valence-electron chi connectivity index (χ0n) is 28.9. The fourth-order valence-corrected chi connectivity index (χ4v) is 7.76. The summed E-state index contributed by atoms with van der Waals surface area (Å²) in [6, 6.07) is 60.2. The highest BCUT2D eigenvalue weighted by Gasteiger charge is 2.20. The molecule has 3 aromatic heterocycles. The molecule has 252 valence electrons. The lowest BCUT2D eigenvalue weighted by Gasteiger charge is -2.10. The number of benzene rings is 8. The third-order valence-electron chi connectivity index (χ3n) is 10.3. The van der Waals surface area contributed by atoms with Gasteiger partial charge in [-0.2, -0.15) is 0 Å². The van der Waals surface area contributed by atoms with Crippen molar-refractivity contribution in [2.24, 2.45) is 0 Å². The topological polar surface area (TPSA) is 65.0 Å². The van der Waals surface area contributed by atoms with Gasteiger partial charge in [-0.05, 0) is 23.1 Å². The number of hydrogen-bond acceptors (Lipinski definition) is 5. The van der Waals surface area contributed by atoms with Crippen molar-refractivity contribution in [3.63, 3.8) is 0 Å². The molecule has 0 fully saturated rings. The molecule has 0 radical (unpaired) electrons. The van der Waals surface area contributed by atoms with E-state index in [0.717, 1.165) is 93.6 Å². The molecule has 0 N–H and O–H groups in total. The van der Waals surface area contributed by atoms with Gasteiger partial charge in [0, 0.05) is 60.3 Å². The first-order chi connectivity index (χ1) is 26.8. The number of rotatable bonds is 5. The van der Waals surface area contributed by atoms with Crippen molar-refractivity contribution in [3.05, 3.63) is 176 Å². The SMILES string of the molecule is c1ccc(-c2nc(-c3ccccc3)nc(-c3cccc(-c4cccc5c4oc4c(-c6cccc7c6oc6c8ccccc8ccc76)cccc45)c3)n2)cc1. The van der Waals surface area contributed by atoms with Gasteiger partial charge in [-0.1, -0.05) is 164 Å². The van der Waals surface area contributed by atoms with Gasteiger partial charge in [-0.15, -0.1) is 0 Å². The summed E-state index contributed by atoms with van der Waals surface area (Å²) in [5.41, 5.74) is 10.2. The van der Waals surface area contributed by atoms with Crippen LogP contribution in [0.5, 0.6) is 0 Å². The fourth-order valence-electron chi connectivity index (χ4n) is 7.76. The molecule has 5 heteroatoms. The molecular formula is C49H29N3O2. The molecule has 0 aliphatic carbocycles. The standard InChI is InChI=1S/C49H29N3O2/c1-3-14-31(15-4-1)47-50-48(32-16-5-2-6-17-32)52-49(51-47)34-19-9-18-33(29-34)36-21-10-22-37-38-23-11-24-39(45(38)54-44(36)37)40-25-12-26-41-42-28-27-30-13-7-8-20-35(30)43(42)53-46(40)41/h1-29H. The van der Waals surface area contributed by atoms with Gasteiger partial charge in [-0.25, -0.2) is 15.0 Å². The maximum atomic E-state index is 6.93. The molecule has 3 heterocycles. The molecule has 0 bridgehead atoms. The summed E-state index contributed by atoms with van der Waals surface area (Å²) >= 11 is 0. The summed E-state index contributed by atoms with van der Waals surface area (Å²) in [4.78, 5) is 14.8. The number of nitrogens with zero attached hydrogens (tertiary/aromatic N) is 3. The van der Waals surface area contributed by atoms with Gasteiger partial charge in [0.1, 0.15) is 22.3 Å². The second-order valence-electron chi connectivity index (χ2n) is 13.5. The van der Waals surface area contributed by atoms with E-state index in [-0.39, 0.29) is 0 Å². The van der Waals surface area contributed by atoms with Crippen LogP contribution < -0.4 is 0 Å². The smallest absolute Gasteiger partial charge is 0.164 e. The second-order valence-corrected chi connectivity index (χ2v) is 13.5. The normalized spacial score (nSPS) is 11.7. The number of aromatic nitrogens is 3. The zero-order valence-corrected chi connectivity index (χ0v) is 28.9. The first-order valence-electron chi connectivity index (χ1n) is 18.0. The number of furan rings is 2. The Hall–Kier alpha value is -7.37. The van der Waals surface area contributed by atoms with Crippen molar-refractivity contribution in [2.45, 2.75) is 0 Å². The molecule has 8 aromatic carbocycles. The van der Waals surface area contributed by atoms with Crippen molar-refractivity contribution in [1.29, 1.82) is 0 Å². The van der Waals surface area contributed by atoms with E-state index in [9.17, 15) is 0 Å². The molecule has 11 aromatic rings. The van der Waals surface area contributed by atoms with Crippen molar-refractivity contribution in [3.8, 4) is 56.4 Å². The molecular weight excluding hydrogens is 663 g/mol. The molecule has 0 spiro atoms. The van der Waals surface area contributed by atoms with Gasteiger partial charge < -0.3 is 8.83 Å². The molecule has 0 unspecified atom stereocenters. The maximum Gasteiger partial charge on any atom is 0.164 e. The lowest BCUT2D eigenvalue weighted by molar-refractivity contribution is 0.667. The van der Waals surface area contributed by atoms with Gasteiger partial charge in [-0.3, -0.25) is 0 Å². The van der Waals surface area contributed by atoms with E-state index in [4.69, 9.17) is 23.8 Å². The summed E-state index contributed by atoms with van der Waals surface area (Å²) in [5, 5.41) is 6.56. The molecule has 54 heavy (non-hydrogen) atoms. The van der Waals surface area contributed by atoms with E-state index in [1.54, 1.807) is 0 Å². The molecule has 0 saturated carbocycles. The Morgan fingerprint density at radius 2 is 0.704 bits per heavy atom. The summed E-state index contributed by atoms with van der Waals surface area (Å²) in [6.07, 6.45) is 0. The highest BCUT2D eigenvalue weighted by Crippen LogP contribution is 2.44. The van der Waals surface area contributed by atoms with Crippen molar-refractivity contribution < 1.29 is 8.83 Å². The highest BCUT2D eigenvalue weighted by atomic mass is 16.3. The fraction of sp³-hybridized carbons (Fsp3) is 0. The Bertz CT molecular complexity index is 3160. The van der Waals surface area contributed by atoms with E-state index < -0.39 is 0 Å². The van der Waals surface area contributed by atoms with Crippen LogP contribution in [0.2, 0.25) is 0 Å². The van der Waals surface area contributed by atoms with Gasteiger partial charge in [0.25, 0.3) is 0 Å². The Morgan fingerprint density at radius 1 is 0.278 bits per heavy atom. The highest BCUT2D eigenvalue weighted by molar-refractivity contribution is 6.19. The Kier molecular flexibility index (Phi) is 6.79. The predicted octanol–water partition coefficient (Wildman–Crippen LogP) is 13.2. The molecule has 0 amide bonds. The quantitative estimate of drug-likeness (QED) is 0.180. The Labute approximate surface area is 309 Å². The van der Waals surface area contributed by atoms with Gasteiger partial charge in [0.2, 0.25) is 0 Å². The summed E-state index contributed by atoms with van der Waals surface area (Å²) in [6.45, 7) is 0. The van der Waals surface area contributed by atoms with Crippen molar-refractivity contribution in [1.82, 2.24) is 15.0 Å². The minimum Gasteiger partial charge on any atom is -0.455 e.